The van der Waals surface area contributed by atoms with Crippen LogP contribution in [0, 0.1) is 0 Å². The molecule has 1 aromatic carbocycles. The number of hydrogen-bond acceptors (Lipinski definition) is 2. The van der Waals surface area contributed by atoms with Crippen LogP contribution in [0.3, 0.4) is 0 Å². The Hall–Kier alpha value is -1.23. The lowest BCUT2D eigenvalue weighted by molar-refractivity contribution is 0.646. The number of rotatable bonds is 4. The highest BCUT2D eigenvalue weighted by Crippen LogP contribution is 2.28. The van der Waals surface area contributed by atoms with Crippen molar-refractivity contribution in [2.75, 3.05) is 0 Å². The summed E-state index contributed by atoms with van der Waals surface area (Å²) in [4.78, 5) is 8.85. The van der Waals surface area contributed by atoms with Crippen LogP contribution >= 0.6 is 34.8 Å². The van der Waals surface area contributed by atoms with Gasteiger partial charge in [-0.3, -0.25) is 0 Å². The number of fused-ring (bicyclic) bond motifs is 1. The lowest BCUT2D eigenvalue weighted by Gasteiger charge is -2.08. The van der Waals surface area contributed by atoms with E-state index in [1.807, 2.05) is 23.9 Å². The van der Waals surface area contributed by atoms with Gasteiger partial charge in [0.2, 0.25) is 0 Å². The molecule has 21 heavy (non-hydrogen) atoms. The maximum absolute atomic E-state index is 6.11. The first kappa shape index (κ1) is 14.7. The molecule has 3 aromatic rings. The van der Waals surface area contributed by atoms with E-state index in [0.717, 1.165) is 35.6 Å². The van der Waals surface area contributed by atoms with Crippen LogP contribution in [0.15, 0.2) is 24.5 Å². The molecule has 0 aliphatic carbocycles. The number of alkyl halides is 1. The average Bonchev–Trinajstić information content (AvgIpc) is 3.01. The zero-order valence-corrected chi connectivity index (χ0v) is 13.6. The van der Waals surface area contributed by atoms with Crippen LogP contribution in [0.1, 0.15) is 11.6 Å². The summed E-state index contributed by atoms with van der Waals surface area (Å²) >= 11 is 18.2. The third kappa shape index (κ3) is 2.76. The molecule has 0 amide bonds. The van der Waals surface area contributed by atoms with Gasteiger partial charge in [-0.05, 0) is 12.1 Å². The van der Waals surface area contributed by atoms with Crippen LogP contribution in [0.25, 0.3) is 11.0 Å². The van der Waals surface area contributed by atoms with Crippen molar-refractivity contribution in [3.8, 4) is 0 Å². The van der Waals surface area contributed by atoms with Crippen molar-refractivity contribution in [3.63, 3.8) is 0 Å². The summed E-state index contributed by atoms with van der Waals surface area (Å²) in [7, 11) is 1.98. The van der Waals surface area contributed by atoms with Crippen molar-refractivity contribution >= 4 is 45.8 Å². The molecule has 0 fully saturated rings. The van der Waals surface area contributed by atoms with Crippen LogP contribution in [0.5, 0.6) is 0 Å². The Balaban J connectivity index is 2.00. The van der Waals surface area contributed by atoms with Crippen molar-refractivity contribution in [2.24, 2.45) is 7.05 Å². The highest BCUT2D eigenvalue weighted by molar-refractivity contribution is 6.42. The first-order valence-electron chi connectivity index (χ1n) is 6.46. The molecule has 3 rings (SSSR count). The Morgan fingerprint density at radius 3 is 2.57 bits per heavy atom. The van der Waals surface area contributed by atoms with Gasteiger partial charge >= 0.3 is 0 Å². The van der Waals surface area contributed by atoms with E-state index in [-0.39, 0.29) is 0 Å². The first-order chi connectivity index (χ1) is 10.1. The van der Waals surface area contributed by atoms with Gasteiger partial charge in [-0.2, -0.15) is 0 Å². The van der Waals surface area contributed by atoms with Gasteiger partial charge in [0.15, 0.2) is 0 Å². The van der Waals surface area contributed by atoms with Crippen LogP contribution in [0.4, 0.5) is 0 Å². The molecule has 2 heterocycles. The van der Waals surface area contributed by atoms with Gasteiger partial charge in [0.05, 0.1) is 27.0 Å². The fourth-order valence-electron chi connectivity index (χ4n) is 2.37. The molecule has 0 saturated heterocycles. The van der Waals surface area contributed by atoms with E-state index in [9.17, 15) is 0 Å². The Kier molecular flexibility index (Phi) is 4.11. The molecule has 0 aliphatic heterocycles. The molecule has 4 nitrogen and oxygen atoms in total. The second kappa shape index (κ2) is 5.87. The molecule has 0 atom stereocenters. The number of aromatic nitrogens is 4. The summed E-state index contributed by atoms with van der Waals surface area (Å²) in [5.41, 5.74) is 1.74. The van der Waals surface area contributed by atoms with E-state index in [4.69, 9.17) is 34.8 Å². The highest BCUT2D eigenvalue weighted by Gasteiger charge is 2.13. The first-order valence-corrected chi connectivity index (χ1v) is 7.75. The summed E-state index contributed by atoms with van der Waals surface area (Å²) in [5, 5.41) is 1.02. The smallest absolute Gasteiger partial charge is 0.124 e. The van der Waals surface area contributed by atoms with Crippen molar-refractivity contribution in [3.05, 3.63) is 46.2 Å². The van der Waals surface area contributed by atoms with E-state index in [0.29, 0.717) is 15.9 Å². The van der Waals surface area contributed by atoms with Crippen LogP contribution < -0.4 is 0 Å². The summed E-state index contributed by atoms with van der Waals surface area (Å²) in [6, 6.07) is 3.60. The largest absolute Gasteiger partial charge is 0.338 e. The minimum atomic E-state index is 0.338. The van der Waals surface area contributed by atoms with E-state index >= 15 is 0 Å². The molecular formula is C14H13Cl3N4. The minimum absolute atomic E-state index is 0.338. The summed E-state index contributed by atoms with van der Waals surface area (Å²) < 4.78 is 4.07. The van der Waals surface area contributed by atoms with E-state index in [1.165, 1.54) is 0 Å². The normalized spacial score (nSPS) is 11.4. The topological polar surface area (TPSA) is 35.6 Å². The van der Waals surface area contributed by atoms with Crippen molar-refractivity contribution in [1.29, 1.82) is 0 Å². The van der Waals surface area contributed by atoms with Crippen molar-refractivity contribution < 1.29 is 0 Å². The molecule has 0 unspecified atom stereocenters. The minimum Gasteiger partial charge on any atom is -0.338 e. The number of imidazole rings is 2. The van der Waals surface area contributed by atoms with E-state index < -0.39 is 0 Å². The Labute approximate surface area is 137 Å². The lowest BCUT2D eigenvalue weighted by Crippen LogP contribution is -2.08. The molecule has 0 spiro atoms. The average molecular weight is 344 g/mol. The van der Waals surface area contributed by atoms with E-state index in [2.05, 4.69) is 14.5 Å². The van der Waals surface area contributed by atoms with Crippen LogP contribution in [-0.4, -0.2) is 19.1 Å². The third-order valence-electron chi connectivity index (χ3n) is 3.47. The van der Waals surface area contributed by atoms with Gasteiger partial charge in [-0.25, -0.2) is 9.97 Å². The number of benzene rings is 1. The third-order valence-corrected chi connectivity index (χ3v) is 4.43. The fourth-order valence-corrected chi connectivity index (χ4v) is 2.89. The zero-order valence-electron chi connectivity index (χ0n) is 11.4. The maximum Gasteiger partial charge on any atom is 0.124 e. The second-order valence-electron chi connectivity index (χ2n) is 4.77. The predicted molar refractivity (Wildman–Crippen MR) is 86.2 cm³/mol. The fraction of sp³-hybridized carbons (Fsp3) is 0.286. The summed E-state index contributed by atoms with van der Waals surface area (Å²) in [6.45, 7) is 0.737. The van der Waals surface area contributed by atoms with Crippen molar-refractivity contribution in [2.45, 2.75) is 18.8 Å². The Bertz CT molecular complexity index is 791. The molecule has 0 aliphatic rings. The SMILES string of the molecule is Cn1ccnc1CCn1c(CCl)nc2cc(Cl)c(Cl)cc21. The zero-order chi connectivity index (χ0) is 15.0. The molecule has 7 heteroatoms. The van der Waals surface area contributed by atoms with Crippen molar-refractivity contribution in [1.82, 2.24) is 19.1 Å². The molecular weight excluding hydrogens is 331 g/mol. The van der Waals surface area contributed by atoms with Gasteiger partial charge in [0.25, 0.3) is 0 Å². The standard InChI is InChI=1S/C14H13Cl3N4/c1-20-5-3-18-13(20)2-4-21-12-7-10(17)9(16)6-11(12)19-14(21)8-15/h3,5-7H,2,4,8H2,1H3. The molecule has 2 aromatic heterocycles. The second-order valence-corrected chi connectivity index (χ2v) is 5.85. The Morgan fingerprint density at radius 1 is 1.14 bits per heavy atom. The lowest BCUT2D eigenvalue weighted by atomic mass is 10.3. The van der Waals surface area contributed by atoms with Crippen LogP contribution in [-0.2, 0) is 25.9 Å². The summed E-state index contributed by atoms with van der Waals surface area (Å²) in [5.74, 6) is 2.15. The predicted octanol–water partition coefficient (Wildman–Crippen LogP) is 4.06. The number of aryl methyl sites for hydroxylation is 3. The van der Waals surface area contributed by atoms with Crippen LogP contribution in [0.2, 0.25) is 10.0 Å². The monoisotopic (exact) mass is 342 g/mol. The number of hydrogen-bond donors (Lipinski definition) is 0. The molecule has 110 valence electrons. The quantitative estimate of drug-likeness (QED) is 0.670. The molecule has 0 radical (unpaired) electrons. The maximum atomic E-state index is 6.11. The van der Waals surface area contributed by atoms with Gasteiger partial charge < -0.3 is 9.13 Å². The number of halogens is 3. The van der Waals surface area contributed by atoms with E-state index in [1.54, 1.807) is 12.3 Å². The highest BCUT2D eigenvalue weighted by atomic mass is 35.5. The Morgan fingerprint density at radius 2 is 1.90 bits per heavy atom. The summed E-state index contributed by atoms with van der Waals surface area (Å²) in [6.07, 6.45) is 4.51. The van der Waals surface area contributed by atoms with Gasteiger partial charge in [0.1, 0.15) is 11.6 Å². The number of nitrogens with zero attached hydrogens (tertiary/aromatic N) is 4. The van der Waals surface area contributed by atoms with Gasteiger partial charge in [-0.1, -0.05) is 23.2 Å². The molecule has 0 saturated carbocycles. The molecule has 0 bridgehead atoms. The van der Waals surface area contributed by atoms with Gasteiger partial charge in [-0.15, -0.1) is 11.6 Å². The van der Waals surface area contributed by atoms with Gasteiger partial charge in [0, 0.05) is 32.4 Å². The molecule has 0 N–H and O–H groups in total.